The Morgan fingerprint density at radius 3 is 2.64 bits per heavy atom. The number of aryl methyl sites for hydroxylation is 3. The number of carbonyl (C=O) groups excluding carboxylic acids is 2. The van der Waals surface area contributed by atoms with Gasteiger partial charge in [-0.25, -0.2) is 4.98 Å². The van der Waals surface area contributed by atoms with Crippen LogP contribution in [0.4, 0.5) is 0 Å². The van der Waals surface area contributed by atoms with Crippen LogP contribution in [0.2, 0.25) is 0 Å². The zero-order valence-corrected chi connectivity index (χ0v) is 14.4. The van der Waals surface area contributed by atoms with Crippen LogP contribution in [0.25, 0.3) is 10.2 Å². The predicted octanol–water partition coefficient (Wildman–Crippen LogP) is 2.48. The molecule has 2 aromatic rings. The number of carbonyl (C=O) groups is 2. The number of thiophene rings is 1. The quantitative estimate of drug-likeness (QED) is 0.909. The average Bonchev–Trinajstić information content (AvgIpc) is 2.76. The second-order valence-electron chi connectivity index (χ2n) is 5.41. The summed E-state index contributed by atoms with van der Waals surface area (Å²) in [6.07, 6.45) is 0. The minimum atomic E-state index is -0.562. The maximum absolute atomic E-state index is 12.4. The number of aromatic nitrogens is 1. The highest BCUT2D eigenvalue weighted by Crippen LogP contribution is 2.32. The monoisotopic (exact) mass is 319 g/mol. The maximum atomic E-state index is 12.4. The SMILES string of the molecule is CCNC(=O)[C@@H](C)NC(=O)c1sc2nc(C)cc(C)c2c1C. The van der Waals surface area contributed by atoms with E-state index in [0.717, 1.165) is 27.0 Å². The molecule has 0 aromatic carbocycles. The van der Waals surface area contributed by atoms with E-state index in [2.05, 4.69) is 15.6 Å². The van der Waals surface area contributed by atoms with Crippen molar-refractivity contribution in [3.8, 4) is 0 Å². The normalized spacial score (nSPS) is 12.2. The molecule has 0 fully saturated rings. The van der Waals surface area contributed by atoms with E-state index in [9.17, 15) is 9.59 Å². The molecule has 0 aliphatic heterocycles. The number of nitrogens with zero attached hydrogens (tertiary/aromatic N) is 1. The Hall–Kier alpha value is -1.95. The van der Waals surface area contributed by atoms with Crippen molar-refractivity contribution in [2.75, 3.05) is 6.54 Å². The van der Waals surface area contributed by atoms with Crippen molar-refractivity contribution in [1.29, 1.82) is 0 Å². The Kier molecular flexibility index (Phi) is 4.81. The molecule has 0 radical (unpaired) electrons. The molecular weight excluding hydrogens is 298 g/mol. The maximum Gasteiger partial charge on any atom is 0.262 e. The lowest BCUT2D eigenvalue weighted by Gasteiger charge is -2.12. The zero-order chi connectivity index (χ0) is 16.4. The lowest BCUT2D eigenvalue weighted by Crippen LogP contribution is -2.44. The van der Waals surface area contributed by atoms with Gasteiger partial charge in [0.2, 0.25) is 5.91 Å². The topological polar surface area (TPSA) is 71.1 Å². The highest BCUT2D eigenvalue weighted by molar-refractivity contribution is 7.20. The van der Waals surface area contributed by atoms with Gasteiger partial charge < -0.3 is 10.6 Å². The van der Waals surface area contributed by atoms with Gasteiger partial charge in [0, 0.05) is 17.6 Å². The summed E-state index contributed by atoms with van der Waals surface area (Å²) in [6, 6.07) is 1.45. The van der Waals surface area contributed by atoms with E-state index in [1.807, 2.05) is 33.8 Å². The van der Waals surface area contributed by atoms with Gasteiger partial charge in [-0.1, -0.05) is 0 Å². The van der Waals surface area contributed by atoms with Crippen molar-refractivity contribution >= 4 is 33.4 Å². The van der Waals surface area contributed by atoms with E-state index in [1.54, 1.807) is 6.92 Å². The highest BCUT2D eigenvalue weighted by atomic mass is 32.1. The minimum Gasteiger partial charge on any atom is -0.355 e. The van der Waals surface area contributed by atoms with E-state index >= 15 is 0 Å². The smallest absolute Gasteiger partial charge is 0.262 e. The summed E-state index contributed by atoms with van der Waals surface area (Å²) in [5.74, 6) is -0.406. The molecule has 6 heteroatoms. The van der Waals surface area contributed by atoms with Crippen molar-refractivity contribution in [2.24, 2.45) is 0 Å². The Bertz CT molecular complexity index is 737. The fourth-order valence-electron chi connectivity index (χ4n) is 2.49. The first-order valence-electron chi connectivity index (χ1n) is 7.31. The van der Waals surface area contributed by atoms with Crippen molar-refractivity contribution in [1.82, 2.24) is 15.6 Å². The second-order valence-corrected chi connectivity index (χ2v) is 6.41. The van der Waals surface area contributed by atoms with E-state index < -0.39 is 6.04 Å². The third kappa shape index (κ3) is 3.11. The highest BCUT2D eigenvalue weighted by Gasteiger charge is 2.21. The number of rotatable bonds is 4. The molecule has 0 unspecified atom stereocenters. The zero-order valence-electron chi connectivity index (χ0n) is 13.5. The van der Waals surface area contributed by atoms with Crippen LogP contribution in [0.3, 0.4) is 0 Å². The first-order valence-corrected chi connectivity index (χ1v) is 8.12. The van der Waals surface area contributed by atoms with Crippen molar-refractivity contribution in [3.05, 3.63) is 27.8 Å². The molecule has 22 heavy (non-hydrogen) atoms. The summed E-state index contributed by atoms with van der Waals surface area (Å²) >= 11 is 1.37. The summed E-state index contributed by atoms with van der Waals surface area (Å²) in [5, 5.41) is 6.48. The number of pyridine rings is 1. The number of amides is 2. The van der Waals surface area contributed by atoms with Crippen LogP contribution in [0.1, 0.15) is 40.3 Å². The lowest BCUT2D eigenvalue weighted by atomic mass is 10.1. The van der Waals surface area contributed by atoms with E-state index in [1.165, 1.54) is 11.3 Å². The van der Waals surface area contributed by atoms with Crippen LogP contribution in [-0.4, -0.2) is 29.4 Å². The van der Waals surface area contributed by atoms with Gasteiger partial charge in [0.05, 0.1) is 4.88 Å². The van der Waals surface area contributed by atoms with E-state index in [4.69, 9.17) is 0 Å². The number of likely N-dealkylation sites (N-methyl/N-ethyl adjacent to an activating group) is 1. The summed E-state index contributed by atoms with van der Waals surface area (Å²) in [6.45, 7) is 9.96. The summed E-state index contributed by atoms with van der Waals surface area (Å²) in [7, 11) is 0. The number of hydrogen-bond donors (Lipinski definition) is 2. The molecule has 0 spiro atoms. The fourth-order valence-corrected chi connectivity index (χ4v) is 3.70. The third-order valence-corrected chi connectivity index (χ3v) is 4.71. The lowest BCUT2D eigenvalue weighted by molar-refractivity contribution is -0.122. The van der Waals surface area contributed by atoms with Crippen molar-refractivity contribution in [2.45, 2.75) is 40.7 Å². The van der Waals surface area contributed by atoms with Crippen LogP contribution in [-0.2, 0) is 4.79 Å². The predicted molar refractivity (Wildman–Crippen MR) is 89.4 cm³/mol. The Morgan fingerprint density at radius 1 is 1.32 bits per heavy atom. The van der Waals surface area contributed by atoms with Gasteiger partial charge in [0.25, 0.3) is 5.91 Å². The van der Waals surface area contributed by atoms with Gasteiger partial charge in [0.1, 0.15) is 10.9 Å². The molecule has 0 aliphatic carbocycles. The number of fused-ring (bicyclic) bond motifs is 1. The second kappa shape index (κ2) is 6.44. The summed E-state index contributed by atoms with van der Waals surface area (Å²) in [5.41, 5.74) is 2.98. The molecule has 0 saturated heterocycles. The van der Waals surface area contributed by atoms with Crippen LogP contribution < -0.4 is 10.6 Å². The Balaban J connectivity index is 2.31. The number of hydrogen-bond acceptors (Lipinski definition) is 4. The van der Waals surface area contributed by atoms with Gasteiger partial charge in [0.15, 0.2) is 0 Å². The molecular formula is C16H21N3O2S. The number of nitrogens with one attached hydrogen (secondary N) is 2. The third-order valence-electron chi connectivity index (χ3n) is 3.52. The first kappa shape index (κ1) is 16.4. The molecule has 0 aliphatic rings. The van der Waals surface area contributed by atoms with Gasteiger partial charge >= 0.3 is 0 Å². The van der Waals surface area contributed by atoms with Crippen molar-refractivity contribution < 1.29 is 9.59 Å². The van der Waals surface area contributed by atoms with Crippen LogP contribution >= 0.6 is 11.3 Å². The molecule has 1 atom stereocenters. The van der Waals surface area contributed by atoms with Crippen molar-refractivity contribution in [3.63, 3.8) is 0 Å². The molecule has 2 rings (SSSR count). The minimum absolute atomic E-state index is 0.181. The van der Waals surface area contributed by atoms with Gasteiger partial charge in [-0.15, -0.1) is 11.3 Å². The van der Waals surface area contributed by atoms with E-state index in [0.29, 0.717) is 11.4 Å². The van der Waals surface area contributed by atoms with Gasteiger partial charge in [-0.2, -0.15) is 0 Å². The molecule has 2 heterocycles. The largest absolute Gasteiger partial charge is 0.355 e. The molecule has 118 valence electrons. The Labute approximate surface area is 134 Å². The first-order chi connectivity index (χ1) is 10.3. The molecule has 2 aromatic heterocycles. The molecule has 0 saturated carbocycles. The molecule has 2 amide bonds. The van der Waals surface area contributed by atoms with Crippen LogP contribution in [0, 0.1) is 20.8 Å². The summed E-state index contributed by atoms with van der Waals surface area (Å²) in [4.78, 5) is 30.2. The summed E-state index contributed by atoms with van der Waals surface area (Å²) < 4.78 is 0. The fraction of sp³-hybridized carbons (Fsp3) is 0.438. The van der Waals surface area contributed by atoms with Gasteiger partial charge in [-0.3, -0.25) is 9.59 Å². The van der Waals surface area contributed by atoms with E-state index in [-0.39, 0.29) is 11.8 Å². The average molecular weight is 319 g/mol. The van der Waals surface area contributed by atoms with Gasteiger partial charge in [-0.05, 0) is 51.8 Å². The van der Waals surface area contributed by atoms with Crippen LogP contribution in [0.15, 0.2) is 6.07 Å². The molecule has 2 N–H and O–H groups in total. The Morgan fingerprint density at radius 2 is 2.00 bits per heavy atom. The molecule has 5 nitrogen and oxygen atoms in total. The van der Waals surface area contributed by atoms with Crippen LogP contribution in [0.5, 0.6) is 0 Å². The standard InChI is InChI=1S/C16H21N3O2S/c1-6-17-14(20)11(5)19-15(21)13-10(4)12-8(2)7-9(3)18-16(12)22-13/h7,11H,6H2,1-5H3,(H,17,20)(H,19,21)/t11-/m1/s1. The molecule has 0 bridgehead atoms.